The van der Waals surface area contributed by atoms with Crippen LogP contribution in [0.5, 0.6) is 5.75 Å². The summed E-state index contributed by atoms with van der Waals surface area (Å²) in [5.41, 5.74) is 1.63. The Labute approximate surface area is 143 Å². The first-order valence-electron chi connectivity index (χ1n) is 7.29. The molecule has 8 nitrogen and oxygen atoms in total. The van der Waals surface area contributed by atoms with Crippen molar-refractivity contribution in [2.24, 2.45) is 0 Å². The van der Waals surface area contributed by atoms with Crippen molar-refractivity contribution in [1.29, 1.82) is 0 Å². The number of nitrogens with zero attached hydrogens (tertiary/aromatic N) is 1. The van der Waals surface area contributed by atoms with Crippen LogP contribution in [0.4, 0.5) is 11.4 Å². The van der Waals surface area contributed by atoms with Gasteiger partial charge in [-0.15, -0.1) is 0 Å². The van der Waals surface area contributed by atoms with Crippen LogP contribution in [-0.2, 0) is 4.79 Å². The van der Waals surface area contributed by atoms with E-state index >= 15 is 0 Å². The van der Waals surface area contributed by atoms with Crippen molar-refractivity contribution in [3.63, 3.8) is 0 Å². The lowest BCUT2D eigenvalue weighted by Crippen LogP contribution is -2.21. The molecule has 25 heavy (non-hydrogen) atoms. The van der Waals surface area contributed by atoms with Crippen LogP contribution in [0.25, 0.3) is 0 Å². The van der Waals surface area contributed by atoms with E-state index in [9.17, 15) is 19.7 Å². The monoisotopic (exact) mass is 344 g/mol. The highest BCUT2D eigenvalue weighted by Crippen LogP contribution is 2.27. The minimum atomic E-state index is -1.06. The molecular formula is C17H16N2O6. The molecule has 2 aromatic carbocycles. The number of carbonyl (C=O) groups excluding carboxylic acids is 1. The number of benzene rings is 2. The molecule has 0 heterocycles. The van der Waals surface area contributed by atoms with Crippen LogP contribution in [0.15, 0.2) is 36.4 Å². The molecule has 0 aliphatic carbocycles. The molecule has 2 aromatic rings. The number of nitrogens with one attached hydrogen (secondary N) is 1. The Bertz CT molecular complexity index is 847. The van der Waals surface area contributed by atoms with Crippen LogP contribution in [0.2, 0.25) is 0 Å². The molecule has 0 radical (unpaired) electrons. The molecule has 0 atom stereocenters. The van der Waals surface area contributed by atoms with Crippen molar-refractivity contribution in [1.82, 2.24) is 0 Å². The summed E-state index contributed by atoms with van der Waals surface area (Å²) >= 11 is 0. The third-order valence-electron chi connectivity index (χ3n) is 3.42. The molecule has 0 saturated carbocycles. The van der Waals surface area contributed by atoms with Crippen molar-refractivity contribution < 1.29 is 24.4 Å². The van der Waals surface area contributed by atoms with Crippen molar-refractivity contribution >= 4 is 23.3 Å². The van der Waals surface area contributed by atoms with E-state index in [4.69, 9.17) is 9.84 Å². The Morgan fingerprint density at radius 1 is 1.20 bits per heavy atom. The Hall–Kier alpha value is -3.42. The number of nitro groups is 1. The van der Waals surface area contributed by atoms with Crippen LogP contribution in [0, 0.1) is 24.0 Å². The van der Waals surface area contributed by atoms with Gasteiger partial charge < -0.3 is 15.2 Å². The average Bonchev–Trinajstić information content (AvgIpc) is 2.55. The first-order valence-corrected chi connectivity index (χ1v) is 7.29. The number of carbonyl (C=O) groups is 2. The molecule has 0 unspecified atom stereocenters. The summed E-state index contributed by atoms with van der Waals surface area (Å²) in [7, 11) is 0. The fraction of sp³-hybridized carbons (Fsp3) is 0.176. The minimum absolute atomic E-state index is 0.00342. The van der Waals surface area contributed by atoms with Gasteiger partial charge in [0.25, 0.3) is 5.91 Å². The summed E-state index contributed by atoms with van der Waals surface area (Å²) in [6, 6.07) is 8.73. The Morgan fingerprint density at radius 3 is 2.52 bits per heavy atom. The van der Waals surface area contributed by atoms with E-state index in [0.717, 1.165) is 0 Å². The van der Waals surface area contributed by atoms with Gasteiger partial charge in [-0.1, -0.05) is 6.07 Å². The number of rotatable bonds is 6. The van der Waals surface area contributed by atoms with Gasteiger partial charge in [0.1, 0.15) is 0 Å². The lowest BCUT2D eigenvalue weighted by atomic mass is 10.1. The van der Waals surface area contributed by atoms with Crippen LogP contribution in [-0.4, -0.2) is 28.5 Å². The highest BCUT2D eigenvalue weighted by atomic mass is 16.6. The van der Waals surface area contributed by atoms with Gasteiger partial charge in [-0.25, -0.2) is 4.79 Å². The Morgan fingerprint density at radius 2 is 1.92 bits per heavy atom. The Balaban J connectivity index is 2.04. The quantitative estimate of drug-likeness (QED) is 0.614. The Kier molecular flexibility index (Phi) is 5.33. The number of hydrogen-bond donors (Lipinski definition) is 2. The molecule has 2 rings (SSSR count). The maximum absolute atomic E-state index is 12.0. The lowest BCUT2D eigenvalue weighted by molar-refractivity contribution is -0.385. The van der Waals surface area contributed by atoms with Crippen molar-refractivity contribution in [3.8, 4) is 5.75 Å². The zero-order valence-corrected chi connectivity index (χ0v) is 13.6. The first kappa shape index (κ1) is 17.9. The second kappa shape index (κ2) is 7.43. The van der Waals surface area contributed by atoms with Crippen LogP contribution < -0.4 is 10.1 Å². The van der Waals surface area contributed by atoms with E-state index < -0.39 is 23.4 Å². The molecule has 0 saturated heterocycles. The summed E-state index contributed by atoms with van der Waals surface area (Å²) in [5.74, 6) is -1.57. The maximum Gasteiger partial charge on any atom is 0.335 e. The topological polar surface area (TPSA) is 119 Å². The summed E-state index contributed by atoms with van der Waals surface area (Å²) in [4.78, 5) is 33.3. The fourth-order valence-electron chi connectivity index (χ4n) is 2.16. The smallest absolute Gasteiger partial charge is 0.335 e. The summed E-state index contributed by atoms with van der Waals surface area (Å²) in [5, 5.41) is 22.5. The van der Waals surface area contributed by atoms with Crippen LogP contribution in [0.3, 0.4) is 0 Å². The number of carboxylic acids is 1. The summed E-state index contributed by atoms with van der Waals surface area (Å²) < 4.78 is 5.24. The SMILES string of the molecule is Cc1ccc(OCC(=O)Nc2ccc(C(=O)O)cc2C)c([N+](=O)[O-])c1. The standard InChI is InChI=1S/C17H16N2O6/c1-10-3-6-15(14(7-10)19(23)24)25-9-16(20)18-13-5-4-12(17(21)22)8-11(13)2/h3-8H,9H2,1-2H3,(H,18,20)(H,21,22). The van der Waals surface area contributed by atoms with Gasteiger partial charge >= 0.3 is 11.7 Å². The number of ether oxygens (including phenoxy) is 1. The molecule has 1 amide bonds. The predicted octanol–water partition coefficient (Wildman–Crippen LogP) is 2.93. The van der Waals surface area contributed by atoms with E-state index in [1.807, 2.05) is 0 Å². The van der Waals surface area contributed by atoms with E-state index in [1.54, 1.807) is 19.9 Å². The van der Waals surface area contributed by atoms with Gasteiger partial charge in [-0.05, 0) is 49.2 Å². The number of aryl methyl sites for hydroxylation is 2. The molecule has 0 aliphatic heterocycles. The van der Waals surface area contributed by atoms with E-state index in [0.29, 0.717) is 16.8 Å². The third kappa shape index (κ3) is 4.54. The number of hydrogen-bond acceptors (Lipinski definition) is 5. The second-order valence-corrected chi connectivity index (χ2v) is 5.40. The molecule has 8 heteroatoms. The molecule has 0 bridgehead atoms. The van der Waals surface area contributed by atoms with E-state index in [1.165, 1.54) is 30.3 Å². The number of anilines is 1. The number of aromatic carboxylic acids is 1. The highest BCUT2D eigenvalue weighted by molar-refractivity contribution is 5.94. The van der Waals surface area contributed by atoms with Gasteiger partial charge in [-0.3, -0.25) is 14.9 Å². The second-order valence-electron chi connectivity index (χ2n) is 5.40. The normalized spacial score (nSPS) is 10.2. The largest absolute Gasteiger partial charge is 0.478 e. The van der Waals surface area contributed by atoms with Crippen molar-refractivity contribution in [2.75, 3.05) is 11.9 Å². The molecule has 0 aliphatic rings. The molecule has 2 N–H and O–H groups in total. The number of carboxylic acid groups (broad SMARTS) is 1. The predicted molar refractivity (Wildman–Crippen MR) is 90.1 cm³/mol. The zero-order chi connectivity index (χ0) is 18.6. The summed E-state index contributed by atoms with van der Waals surface area (Å²) in [6.45, 7) is 2.96. The zero-order valence-electron chi connectivity index (χ0n) is 13.6. The third-order valence-corrected chi connectivity index (χ3v) is 3.42. The molecule has 0 fully saturated rings. The van der Waals surface area contributed by atoms with E-state index in [2.05, 4.69) is 5.32 Å². The molecular weight excluding hydrogens is 328 g/mol. The first-order chi connectivity index (χ1) is 11.8. The van der Waals surface area contributed by atoms with Crippen LogP contribution >= 0.6 is 0 Å². The number of amides is 1. The fourth-order valence-corrected chi connectivity index (χ4v) is 2.16. The minimum Gasteiger partial charge on any atom is -0.478 e. The van der Waals surface area contributed by atoms with Gasteiger partial charge in [0.05, 0.1) is 10.5 Å². The molecule has 0 spiro atoms. The lowest BCUT2D eigenvalue weighted by Gasteiger charge is -2.10. The van der Waals surface area contributed by atoms with Gasteiger partial charge in [0, 0.05) is 11.8 Å². The van der Waals surface area contributed by atoms with Gasteiger partial charge in [0.15, 0.2) is 12.4 Å². The highest BCUT2D eigenvalue weighted by Gasteiger charge is 2.16. The van der Waals surface area contributed by atoms with Gasteiger partial charge in [-0.2, -0.15) is 0 Å². The summed E-state index contributed by atoms with van der Waals surface area (Å²) in [6.07, 6.45) is 0. The van der Waals surface area contributed by atoms with Crippen LogP contribution in [0.1, 0.15) is 21.5 Å². The van der Waals surface area contributed by atoms with Crippen molar-refractivity contribution in [2.45, 2.75) is 13.8 Å². The average molecular weight is 344 g/mol. The molecule has 130 valence electrons. The number of nitro benzene ring substituents is 1. The molecule has 0 aromatic heterocycles. The van der Waals surface area contributed by atoms with E-state index in [-0.39, 0.29) is 17.0 Å². The van der Waals surface area contributed by atoms with Crippen molar-refractivity contribution in [3.05, 3.63) is 63.2 Å². The maximum atomic E-state index is 12.0. The van der Waals surface area contributed by atoms with Gasteiger partial charge in [0.2, 0.25) is 0 Å².